The molecule has 0 amide bonds. The van der Waals surface area contributed by atoms with Crippen molar-refractivity contribution in [1.82, 2.24) is 18.9 Å². The molecule has 4 rings (SSSR count). The van der Waals surface area contributed by atoms with Crippen molar-refractivity contribution in [2.75, 3.05) is 0 Å². The maximum absolute atomic E-state index is 13.1. The molecule has 0 saturated carbocycles. The molecular weight excluding hydrogens is 379 g/mol. The average Bonchev–Trinajstić information content (AvgIpc) is 3.02. The van der Waals surface area contributed by atoms with Crippen molar-refractivity contribution in [3.8, 4) is 11.4 Å². The first-order valence-electron chi connectivity index (χ1n) is 7.42. The molecule has 3 aromatic heterocycles. The van der Waals surface area contributed by atoms with Gasteiger partial charge in [-0.1, -0.05) is 29.8 Å². The van der Waals surface area contributed by atoms with Crippen molar-refractivity contribution in [2.45, 2.75) is 4.90 Å². The highest BCUT2D eigenvalue weighted by Crippen LogP contribution is 2.31. The van der Waals surface area contributed by atoms with Crippen LogP contribution in [0.5, 0.6) is 0 Å². The van der Waals surface area contributed by atoms with Gasteiger partial charge in [-0.05, 0) is 18.2 Å². The zero-order valence-corrected chi connectivity index (χ0v) is 14.6. The monoisotopic (exact) mass is 388 g/mol. The largest absolute Gasteiger partial charge is 0.269 e. The lowest BCUT2D eigenvalue weighted by Gasteiger charge is -2.06. The third-order valence-electron chi connectivity index (χ3n) is 3.74. The molecule has 1 aromatic carbocycles. The lowest BCUT2D eigenvalue weighted by atomic mass is 10.2. The van der Waals surface area contributed by atoms with Gasteiger partial charge >= 0.3 is 0 Å². The first-order chi connectivity index (χ1) is 12.5. The lowest BCUT2D eigenvalue weighted by Crippen LogP contribution is -2.12. The van der Waals surface area contributed by atoms with E-state index in [2.05, 4.69) is 15.0 Å². The number of nitrogens with zero attached hydrogens (tertiary/aromatic N) is 4. The molecule has 3 heterocycles. The molecule has 0 aliphatic heterocycles. The van der Waals surface area contributed by atoms with E-state index >= 15 is 0 Å². The molecular formula is C17H10ClFN4O2S. The number of fused-ring (bicyclic) bond motifs is 1. The van der Waals surface area contributed by atoms with Gasteiger partial charge in [0.1, 0.15) is 0 Å². The number of benzene rings is 1. The van der Waals surface area contributed by atoms with Crippen LogP contribution < -0.4 is 0 Å². The summed E-state index contributed by atoms with van der Waals surface area (Å²) < 4.78 is 40.2. The highest BCUT2D eigenvalue weighted by atomic mass is 35.5. The van der Waals surface area contributed by atoms with Gasteiger partial charge in [0.15, 0.2) is 17.3 Å². The Hall–Kier alpha value is -2.84. The fraction of sp³-hybridized carbons (Fsp3) is 0. The highest BCUT2D eigenvalue weighted by Gasteiger charge is 2.23. The minimum Gasteiger partial charge on any atom is -0.236 e. The number of aromatic nitrogens is 4. The summed E-state index contributed by atoms with van der Waals surface area (Å²) in [6.45, 7) is 0. The number of hydrogen-bond acceptors (Lipinski definition) is 5. The van der Waals surface area contributed by atoms with E-state index in [4.69, 9.17) is 11.6 Å². The quantitative estimate of drug-likeness (QED) is 0.536. The number of pyridine rings is 1. The van der Waals surface area contributed by atoms with Crippen LogP contribution in [0.2, 0.25) is 5.02 Å². The maximum atomic E-state index is 13.1. The predicted octanol–water partition coefficient (Wildman–Crippen LogP) is 3.52. The summed E-state index contributed by atoms with van der Waals surface area (Å²) in [6, 6.07) is 9.54. The van der Waals surface area contributed by atoms with Crippen LogP contribution in [0.15, 0.2) is 66.1 Å². The second-order valence-electron chi connectivity index (χ2n) is 5.41. The Morgan fingerprint density at radius 3 is 2.38 bits per heavy atom. The second-order valence-corrected chi connectivity index (χ2v) is 7.66. The topological polar surface area (TPSA) is 77.7 Å². The average molecular weight is 389 g/mol. The van der Waals surface area contributed by atoms with Crippen LogP contribution >= 0.6 is 11.6 Å². The molecule has 0 saturated heterocycles. The van der Waals surface area contributed by atoms with Gasteiger partial charge in [0, 0.05) is 23.3 Å². The van der Waals surface area contributed by atoms with E-state index < -0.39 is 15.8 Å². The third kappa shape index (κ3) is 2.73. The highest BCUT2D eigenvalue weighted by molar-refractivity contribution is 7.90. The maximum Gasteiger partial charge on any atom is 0.269 e. The fourth-order valence-corrected chi connectivity index (χ4v) is 4.08. The van der Waals surface area contributed by atoms with E-state index in [1.54, 1.807) is 24.3 Å². The predicted molar refractivity (Wildman–Crippen MR) is 94.8 cm³/mol. The molecule has 0 aliphatic carbocycles. The van der Waals surface area contributed by atoms with Gasteiger partial charge in [-0.3, -0.25) is 0 Å². The summed E-state index contributed by atoms with van der Waals surface area (Å²) >= 11 is 6.02. The molecule has 6 nitrogen and oxygen atoms in total. The Labute approximate surface area is 153 Å². The van der Waals surface area contributed by atoms with Crippen molar-refractivity contribution < 1.29 is 12.8 Å². The van der Waals surface area contributed by atoms with Crippen LogP contribution in [0.3, 0.4) is 0 Å². The smallest absolute Gasteiger partial charge is 0.236 e. The zero-order valence-electron chi connectivity index (χ0n) is 13.0. The lowest BCUT2D eigenvalue weighted by molar-refractivity contribution is 0.588. The molecule has 0 radical (unpaired) electrons. The van der Waals surface area contributed by atoms with Gasteiger partial charge in [0.05, 0.1) is 22.3 Å². The van der Waals surface area contributed by atoms with Gasteiger partial charge < -0.3 is 0 Å². The number of rotatable bonds is 3. The second kappa shape index (κ2) is 6.15. The number of hydrogen-bond donors (Lipinski definition) is 0. The van der Waals surface area contributed by atoms with Crippen molar-refractivity contribution >= 4 is 32.7 Å². The molecule has 0 unspecified atom stereocenters. The van der Waals surface area contributed by atoms with E-state index in [9.17, 15) is 12.8 Å². The molecule has 0 spiro atoms. The molecule has 0 atom stereocenters. The summed E-state index contributed by atoms with van der Waals surface area (Å²) in [7, 11) is -3.89. The fourth-order valence-electron chi connectivity index (χ4n) is 2.57. The van der Waals surface area contributed by atoms with E-state index in [0.717, 1.165) is 16.4 Å². The van der Waals surface area contributed by atoms with Gasteiger partial charge in [0.2, 0.25) is 0 Å². The molecule has 26 heavy (non-hydrogen) atoms. The Balaban J connectivity index is 2.01. The van der Waals surface area contributed by atoms with Gasteiger partial charge in [-0.25, -0.2) is 31.7 Å². The SMILES string of the molecule is O=S(=O)(c1ccccc1)n1cc(-c2ncc(F)cn2)c2cc(Cl)cnc21. The van der Waals surface area contributed by atoms with Crippen molar-refractivity contribution in [1.29, 1.82) is 0 Å². The summed E-state index contributed by atoms with van der Waals surface area (Å²) in [5.41, 5.74) is 0.565. The Kier molecular flexibility index (Phi) is 3.93. The van der Waals surface area contributed by atoms with Crippen LogP contribution in [-0.4, -0.2) is 27.3 Å². The van der Waals surface area contributed by atoms with Crippen molar-refractivity contribution in [3.63, 3.8) is 0 Å². The minimum absolute atomic E-state index is 0.111. The first kappa shape index (κ1) is 16.6. The zero-order chi connectivity index (χ0) is 18.3. The van der Waals surface area contributed by atoms with E-state index in [-0.39, 0.29) is 16.4 Å². The van der Waals surface area contributed by atoms with Crippen LogP contribution in [0.4, 0.5) is 4.39 Å². The van der Waals surface area contributed by atoms with E-state index in [0.29, 0.717) is 16.0 Å². The molecule has 4 aromatic rings. The Bertz CT molecular complexity index is 1210. The summed E-state index contributed by atoms with van der Waals surface area (Å²) in [5, 5.41) is 0.777. The van der Waals surface area contributed by atoms with Crippen LogP contribution in [0.25, 0.3) is 22.4 Å². The third-order valence-corrected chi connectivity index (χ3v) is 5.61. The summed E-state index contributed by atoms with van der Waals surface area (Å²) in [5.74, 6) is -0.423. The van der Waals surface area contributed by atoms with E-state index in [1.165, 1.54) is 24.5 Å². The van der Waals surface area contributed by atoms with Crippen LogP contribution in [0.1, 0.15) is 0 Å². The first-order valence-corrected chi connectivity index (χ1v) is 9.24. The molecule has 0 bridgehead atoms. The molecule has 9 heteroatoms. The summed E-state index contributed by atoms with van der Waals surface area (Å²) in [4.78, 5) is 12.1. The standard InChI is InChI=1S/C17H10ClFN4O2S/c18-11-6-14-15(16-20-8-12(19)9-21-16)10-23(17(14)22-7-11)26(24,25)13-4-2-1-3-5-13/h1-10H. The van der Waals surface area contributed by atoms with Crippen molar-refractivity contribution in [3.05, 3.63) is 72.0 Å². The van der Waals surface area contributed by atoms with Crippen molar-refractivity contribution in [2.24, 2.45) is 0 Å². The molecule has 130 valence electrons. The van der Waals surface area contributed by atoms with Gasteiger partial charge in [-0.2, -0.15) is 0 Å². The minimum atomic E-state index is -3.89. The summed E-state index contributed by atoms with van der Waals surface area (Å²) in [6.07, 6.45) is 4.74. The normalized spacial score (nSPS) is 11.8. The van der Waals surface area contributed by atoms with Gasteiger partial charge in [0.25, 0.3) is 10.0 Å². The molecule has 0 fully saturated rings. The number of halogens is 2. The Morgan fingerprint density at radius 2 is 1.69 bits per heavy atom. The van der Waals surface area contributed by atoms with Gasteiger partial charge in [-0.15, -0.1) is 0 Å². The molecule has 0 N–H and O–H groups in total. The Morgan fingerprint density at radius 1 is 1.00 bits per heavy atom. The van der Waals surface area contributed by atoms with Crippen LogP contribution in [-0.2, 0) is 10.0 Å². The van der Waals surface area contributed by atoms with Crippen LogP contribution in [0, 0.1) is 5.82 Å². The molecule has 0 aliphatic rings. The van der Waals surface area contributed by atoms with E-state index in [1.807, 2.05) is 0 Å².